The van der Waals surface area contributed by atoms with Crippen molar-refractivity contribution in [3.05, 3.63) is 74.7 Å². The molecule has 0 aliphatic heterocycles. The van der Waals surface area contributed by atoms with Crippen LogP contribution in [0.15, 0.2) is 60.9 Å². The van der Waals surface area contributed by atoms with E-state index in [0.29, 0.717) is 16.7 Å². The van der Waals surface area contributed by atoms with E-state index in [1.807, 2.05) is 0 Å². The predicted molar refractivity (Wildman–Crippen MR) is 95.2 cm³/mol. The lowest BCUT2D eigenvalue weighted by Gasteiger charge is -2.10. The Balaban J connectivity index is 2.12. The minimum atomic E-state index is -0.583. The molecule has 0 aliphatic carbocycles. The van der Waals surface area contributed by atoms with E-state index in [9.17, 15) is 14.0 Å². The third kappa shape index (κ3) is 2.47. The van der Waals surface area contributed by atoms with Gasteiger partial charge in [-0.1, -0.05) is 12.1 Å². The zero-order valence-corrected chi connectivity index (χ0v) is 14.0. The number of ether oxygens (including phenoxy) is 1. The van der Waals surface area contributed by atoms with Crippen molar-refractivity contribution < 1.29 is 18.0 Å². The summed E-state index contributed by atoms with van der Waals surface area (Å²) in [5.74, 6) is 0.294. The second-order valence-corrected chi connectivity index (χ2v) is 5.87. The van der Waals surface area contributed by atoms with Crippen LogP contribution in [0.25, 0.3) is 33.1 Å². The predicted octanol–water partition coefficient (Wildman–Crippen LogP) is 4.02. The van der Waals surface area contributed by atoms with E-state index in [1.54, 1.807) is 13.0 Å². The van der Waals surface area contributed by atoms with Crippen LogP contribution < -0.4 is 15.8 Å². The molecule has 0 N–H and O–H groups in total. The average Bonchev–Trinajstić information content (AvgIpc) is 2.60. The first-order valence-electron chi connectivity index (χ1n) is 7.83. The number of halogens is 1. The fraction of sp³-hybridized carbons (Fsp3) is 0.100. The van der Waals surface area contributed by atoms with Gasteiger partial charge < -0.3 is 13.6 Å². The second-order valence-electron chi connectivity index (χ2n) is 5.87. The van der Waals surface area contributed by atoms with Crippen molar-refractivity contribution >= 4 is 21.9 Å². The molecule has 0 atom stereocenters. The highest BCUT2D eigenvalue weighted by Crippen LogP contribution is 2.34. The smallest absolute Gasteiger partial charge is 0.344 e. The molecule has 2 aromatic carbocycles. The van der Waals surface area contributed by atoms with E-state index >= 15 is 0 Å². The first kappa shape index (κ1) is 16.1. The molecule has 0 saturated carbocycles. The van der Waals surface area contributed by atoms with Gasteiger partial charge in [0.05, 0.1) is 18.1 Å². The van der Waals surface area contributed by atoms with Crippen LogP contribution >= 0.6 is 0 Å². The van der Waals surface area contributed by atoms with Crippen molar-refractivity contribution in [2.75, 3.05) is 7.11 Å². The number of rotatable bonds is 2. The molecule has 0 spiro atoms. The van der Waals surface area contributed by atoms with Crippen molar-refractivity contribution in [1.82, 2.24) is 0 Å². The molecule has 4 aromatic rings. The van der Waals surface area contributed by atoms with E-state index in [2.05, 4.69) is 0 Å². The van der Waals surface area contributed by atoms with Crippen LogP contribution in [0.5, 0.6) is 5.75 Å². The average molecular weight is 352 g/mol. The molecule has 0 radical (unpaired) electrons. The van der Waals surface area contributed by atoms with Gasteiger partial charge in [0.1, 0.15) is 33.9 Å². The molecule has 0 bridgehead atoms. The number of fused-ring (bicyclic) bond motifs is 2. The molecular weight excluding hydrogens is 339 g/mol. The van der Waals surface area contributed by atoms with Crippen LogP contribution in [-0.2, 0) is 0 Å². The van der Waals surface area contributed by atoms with Crippen molar-refractivity contribution in [1.29, 1.82) is 0 Å². The van der Waals surface area contributed by atoms with Gasteiger partial charge in [-0.2, -0.15) is 0 Å². The van der Waals surface area contributed by atoms with Crippen LogP contribution in [0.4, 0.5) is 4.39 Å². The largest absolute Gasteiger partial charge is 0.495 e. The third-order valence-electron chi connectivity index (χ3n) is 4.17. The molecule has 4 rings (SSSR count). The van der Waals surface area contributed by atoms with Crippen LogP contribution in [-0.4, -0.2) is 7.11 Å². The molecule has 0 amide bonds. The minimum absolute atomic E-state index is 0.235. The number of hydrogen-bond acceptors (Lipinski definition) is 5. The number of benzene rings is 2. The van der Waals surface area contributed by atoms with Gasteiger partial charge >= 0.3 is 5.63 Å². The highest BCUT2D eigenvalue weighted by Gasteiger charge is 2.17. The molecule has 0 unspecified atom stereocenters. The molecule has 130 valence electrons. The maximum Gasteiger partial charge on any atom is 0.344 e. The molecule has 6 heteroatoms. The van der Waals surface area contributed by atoms with E-state index in [-0.39, 0.29) is 33.3 Å². The monoisotopic (exact) mass is 352 g/mol. The van der Waals surface area contributed by atoms with Crippen molar-refractivity contribution in [3.63, 3.8) is 0 Å². The Morgan fingerprint density at radius 2 is 1.69 bits per heavy atom. The van der Waals surface area contributed by atoms with E-state index in [0.717, 1.165) is 0 Å². The quantitative estimate of drug-likeness (QED) is 0.402. The van der Waals surface area contributed by atoms with Crippen molar-refractivity contribution in [2.45, 2.75) is 6.92 Å². The van der Waals surface area contributed by atoms with Gasteiger partial charge in [-0.3, -0.25) is 4.79 Å². The molecule has 26 heavy (non-hydrogen) atoms. The number of methoxy groups -OCH3 is 1. The zero-order chi connectivity index (χ0) is 18.4. The molecule has 2 heterocycles. The summed E-state index contributed by atoms with van der Waals surface area (Å²) in [6.07, 6.45) is 0. The van der Waals surface area contributed by atoms with E-state index in [4.69, 9.17) is 13.6 Å². The topological polar surface area (TPSA) is 69.7 Å². The van der Waals surface area contributed by atoms with Gasteiger partial charge in [0, 0.05) is 12.1 Å². The van der Waals surface area contributed by atoms with Gasteiger partial charge in [-0.05, 0) is 30.7 Å². The number of aryl methyl sites for hydroxylation is 1. The van der Waals surface area contributed by atoms with Crippen molar-refractivity contribution in [3.8, 4) is 16.9 Å². The molecule has 5 nitrogen and oxygen atoms in total. The van der Waals surface area contributed by atoms with Gasteiger partial charge in [-0.15, -0.1) is 0 Å². The fourth-order valence-corrected chi connectivity index (χ4v) is 3.02. The normalized spacial score (nSPS) is 11.2. The summed E-state index contributed by atoms with van der Waals surface area (Å²) in [7, 11) is 1.43. The molecule has 2 aromatic heterocycles. The summed E-state index contributed by atoms with van der Waals surface area (Å²) in [5.41, 5.74) is 0.417. The van der Waals surface area contributed by atoms with Gasteiger partial charge in [0.2, 0.25) is 0 Å². The lowest BCUT2D eigenvalue weighted by atomic mass is 10.0. The summed E-state index contributed by atoms with van der Waals surface area (Å²) in [5, 5.41) is 0.722. The number of hydrogen-bond donors (Lipinski definition) is 0. The SMILES string of the molecule is COc1c2cc(-c3ccc(F)cc3)c(=O)oc2cc2oc(C)cc(=O)c12. The molecular formula is C20H13FO5. The lowest BCUT2D eigenvalue weighted by molar-refractivity contribution is 0.422. The Morgan fingerprint density at radius 3 is 2.38 bits per heavy atom. The summed E-state index contributed by atoms with van der Waals surface area (Å²) in [6, 6.07) is 9.93. The summed E-state index contributed by atoms with van der Waals surface area (Å²) >= 11 is 0. The Morgan fingerprint density at radius 1 is 0.962 bits per heavy atom. The van der Waals surface area contributed by atoms with Gasteiger partial charge in [0.25, 0.3) is 0 Å². The van der Waals surface area contributed by atoms with Gasteiger partial charge in [0.15, 0.2) is 5.43 Å². The van der Waals surface area contributed by atoms with Crippen LogP contribution in [0, 0.1) is 12.7 Å². The third-order valence-corrected chi connectivity index (χ3v) is 4.17. The van der Waals surface area contributed by atoms with E-state index < -0.39 is 11.4 Å². The first-order chi connectivity index (χ1) is 12.5. The highest BCUT2D eigenvalue weighted by molar-refractivity contribution is 6.01. The maximum absolute atomic E-state index is 13.2. The summed E-state index contributed by atoms with van der Waals surface area (Å²) in [6.45, 7) is 1.66. The van der Waals surface area contributed by atoms with Crippen LogP contribution in [0.1, 0.15) is 5.76 Å². The van der Waals surface area contributed by atoms with Gasteiger partial charge in [-0.25, -0.2) is 9.18 Å². The Kier molecular flexibility index (Phi) is 3.61. The molecule has 0 aliphatic rings. The maximum atomic E-state index is 13.2. The molecule has 0 fully saturated rings. The second kappa shape index (κ2) is 5.84. The first-order valence-corrected chi connectivity index (χ1v) is 7.83. The standard InChI is InChI=1S/C20H13FO5/c1-10-7-15(22)18-17(25-10)9-16-14(19(18)24-2)8-13(20(23)26-16)11-3-5-12(21)6-4-11/h3-9H,1-2H3. The minimum Gasteiger partial charge on any atom is -0.495 e. The molecule has 0 saturated heterocycles. The Labute approximate surface area is 146 Å². The van der Waals surface area contributed by atoms with E-state index in [1.165, 1.54) is 43.5 Å². The van der Waals surface area contributed by atoms with Crippen molar-refractivity contribution in [2.24, 2.45) is 0 Å². The Bertz CT molecular complexity index is 1270. The van der Waals surface area contributed by atoms with Crippen LogP contribution in [0.3, 0.4) is 0 Å². The summed E-state index contributed by atoms with van der Waals surface area (Å²) in [4.78, 5) is 24.8. The Hall–Kier alpha value is -3.41. The zero-order valence-electron chi connectivity index (χ0n) is 14.0. The fourth-order valence-electron chi connectivity index (χ4n) is 3.02. The summed E-state index contributed by atoms with van der Waals surface area (Å²) < 4.78 is 29.6. The highest BCUT2D eigenvalue weighted by atomic mass is 19.1. The van der Waals surface area contributed by atoms with Crippen LogP contribution in [0.2, 0.25) is 0 Å². The lowest BCUT2D eigenvalue weighted by Crippen LogP contribution is -2.06.